The second kappa shape index (κ2) is 9.28. The quantitative estimate of drug-likeness (QED) is 0.782. The first-order chi connectivity index (χ1) is 12.5. The molecule has 0 aromatic heterocycles. The molecule has 0 heterocycles. The Bertz CT molecular complexity index is 848. The van der Waals surface area contributed by atoms with Crippen molar-refractivity contribution in [3.8, 4) is 24.5 Å². The molecule has 0 aliphatic carbocycles. The van der Waals surface area contributed by atoms with Gasteiger partial charge in [0.05, 0.1) is 29.8 Å². The molecule has 0 spiro atoms. The van der Waals surface area contributed by atoms with Crippen molar-refractivity contribution >= 4 is 5.69 Å². The van der Waals surface area contributed by atoms with Gasteiger partial charge in [0.15, 0.2) is 0 Å². The maximum absolute atomic E-state index is 9.07. The van der Waals surface area contributed by atoms with Crippen molar-refractivity contribution < 1.29 is 0 Å². The SMILES string of the molecule is C#CCN(C)[C@H](C)Cc1cccc(NCc2cc(C#N)cc(C#N)c2)c1. The van der Waals surface area contributed by atoms with Crippen molar-refractivity contribution in [1.29, 1.82) is 10.5 Å². The van der Waals surface area contributed by atoms with Crippen LogP contribution in [0.5, 0.6) is 0 Å². The summed E-state index contributed by atoms with van der Waals surface area (Å²) in [5.74, 6) is 2.67. The van der Waals surface area contributed by atoms with Crippen molar-refractivity contribution in [2.75, 3.05) is 18.9 Å². The maximum Gasteiger partial charge on any atom is 0.0992 e. The number of likely N-dealkylation sites (N-methyl/N-ethyl adjacent to an activating group) is 1. The molecule has 0 aliphatic heterocycles. The first-order valence-electron chi connectivity index (χ1n) is 8.46. The van der Waals surface area contributed by atoms with E-state index in [1.54, 1.807) is 18.2 Å². The Morgan fingerprint density at radius 1 is 1.08 bits per heavy atom. The molecule has 2 aromatic carbocycles. The lowest BCUT2D eigenvalue weighted by atomic mass is 10.0. The third-order valence-electron chi connectivity index (χ3n) is 4.30. The number of rotatable bonds is 7. The minimum absolute atomic E-state index is 0.354. The normalized spacial score (nSPS) is 11.2. The molecule has 0 bridgehead atoms. The van der Waals surface area contributed by atoms with Gasteiger partial charge >= 0.3 is 0 Å². The number of nitrogens with one attached hydrogen (secondary N) is 1. The molecule has 4 heteroatoms. The van der Waals surface area contributed by atoms with Crippen LogP contribution in [0.15, 0.2) is 42.5 Å². The molecular weight excluding hydrogens is 320 g/mol. The molecule has 2 aromatic rings. The number of nitriles is 2. The zero-order valence-electron chi connectivity index (χ0n) is 15.2. The van der Waals surface area contributed by atoms with Gasteiger partial charge in [-0.25, -0.2) is 0 Å². The van der Waals surface area contributed by atoms with Crippen LogP contribution in [0, 0.1) is 35.0 Å². The summed E-state index contributed by atoms with van der Waals surface area (Å²) in [7, 11) is 2.03. The molecule has 2 rings (SSSR count). The van der Waals surface area contributed by atoms with Crippen molar-refractivity contribution in [2.45, 2.75) is 25.9 Å². The van der Waals surface area contributed by atoms with Crippen molar-refractivity contribution in [3.05, 3.63) is 64.7 Å². The summed E-state index contributed by atoms with van der Waals surface area (Å²) >= 11 is 0. The molecule has 0 unspecified atom stereocenters. The van der Waals surface area contributed by atoms with Crippen LogP contribution in [0.4, 0.5) is 5.69 Å². The number of hydrogen-bond acceptors (Lipinski definition) is 4. The van der Waals surface area contributed by atoms with Crippen molar-refractivity contribution in [2.24, 2.45) is 0 Å². The summed E-state index contributed by atoms with van der Waals surface area (Å²) in [6.45, 7) is 3.35. The van der Waals surface area contributed by atoms with Gasteiger partial charge in [-0.3, -0.25) is 4.90 Å². The van der Waals surface area contributed by atoms with Crippen LogP contribution in [0.3, 0.4) is 0 Å². The van der Waals surface area contributed by atoms with Crippen molar-refractivity contribution in [3.63, 3.8) is 0 Å². The first kappa shape index (κ1) is 19.1. The third-order valence-corrected chi connectivity index (χ3v) is 4.30. The van der Waals surface area contributed by atoms with Gasteiger partial charge in [0.25, 0.3) is 0 Å². The predicted molar refractivity (Wildman–Crippen MR) is 104 cm³/mol. The highest BCUT2D eigenvalue weighted by Crippen LogP contribution is 2.16. The van der Waals surface area contributed by atoms with E-state index in [-0.39, 0.29) is 0 Å². The summed E-state index contributed by atoms with van der Waals surface area (Å²) in [5.41, 5.74) is 4.15. The summed E-state index contributed by atoms with van der Waals surface area (Å²) in [5, 5.41) is 21.5. The summed E-state index contributed by atoms with van der Waals surface area (Å²) < 4.78 is 0. The Labute approximate surface area is 155 Å². The van der Waals surface area contributed by atoms with E-state index in [9.17, 15) is 0 Å². The average Bonchev–Trinajstić information content (AvgIpc) is 2.66. The van der Waals surface area contributed by atoms with Gasteiger partial charge in [-0.1, -0.05) is 18.1 Å². The summed E-state index contributed by atoms with van der Waals surface area (Å²) in [4.78, 5) is 2.15. The number of terminal acetylenes is 1. The number of benzene rings is 2. The lowest BCUT2D eigenvalue weighted by molar-refractivity contribution is 0.287. The fourth-order valence-corrected chi connectivity index (χ4v) is 2.73. The molecule has 0 radical (unpaired) electrons. The second-order valence-electron chi connectivity index (χ2n) is 6.37. The van der Waals surface area contributed by atoms with Crippen LogP contribution in [-0.2, 0) is 13.0 Å². The molecule has 0 fully saturated rings. The van der Waals surface area contributed by atoms with E-state index in [1.807, 2.05) is 19.2 Å². The summed E-state index contributed by atoms with van der Waals surface area (Å²) in [6, 6.07) is 18.0. The largest absolute Gasteiger partial charge is 0.381 e. The van der Waals surface area contributed by atoms with E-state index < -0.39 is 0 Å². The Morgan fingerprint density at radius 3 is 2.38 bits per heavy atom. The predicted octanol–water partition coefficient (Wildman–Crippen LogP) is 3.54. The van der Waals surface area contributed by atoms with Gasteiger partial charge in [-0.2, -0.15) is 10.5 Å². The van der Waals surface area contributed by atoms with Gasteiger partial charge in [0, 0.05) is 18.3 Å². The highest BCUT2D eigenvalue weighted by Gasteiger charge is 2.09. The average molecular weight is 342 g/mol. The summed E-state index contributed by atoms with van der Waals surface area (Å²) in [6.07, 6.45) is 6.29. The highest BCUT2D eigenvalue weighted by atomic mass is 15.1. The zero-order valence-corrected chi connectivity index (χ0v) is 15.2. The number of hydrogen-bond donors (Lipinski definition) is 1. The van der Waals surface area contributed by atoms with E-state index in [0.29, 0.717) is 30.3 Å². The Kier molecular flexibility index (Phi) is 6.81. The Morgan fingerprint density at radius 2 is 1.77 bits per heavy atom. The fourth-order valence-electron chi connectivity index (χ4n) is 2.73. The first-order valence-corrected chi connectivity index (χ1v) is 8.46. The highest BCUT2D eigenvalue weighted by molar-refractivity contribution is 5.48. The lowest BCUT2D eigenvalue weighted by Crippen LogP contribution is -2.31. The minimum atomic E-state index is 0.354. The Hall–Kier alpha value is -3.26. The van der Waals surface area contributed by atoms with Crippen LogP contribution in [0.25, 0.3) is 0 Å². The van der Waals surface area contributed by atoms with Gasteiger partial charge in [-0.05, 0) is 61.9 Å². The number of anilines is 1. The van der Waals surface area contributed by atoms with Crippen molar-refractivity contribution in [1.82, 2.24) is 4.90 Å². The molecule has 0 aliphatic rings. The van der Waals surface area contributed by atoms with Crippen LogP contribution in [0.2, 0.25) is 0 Å². The topological polar surface area (TPSA) is 62.9 Å². The molecule has 1 atom stereocenters. The van der Waals surface area contributed by atoms with Crippen LogP contribution < -0.4 is 5.32 Å². The number of nitrogens with zero attached hydrogens (tertiary/aromatic N) is 3. The van der Waals surface area contributed by atoms with E-state index in [1.165, 1.54) is 5.56 Å². The van der Waals surface area contributed by atoms with Crippen LogP contribution in [-0.4, -0.2) is 24.5 Å². The monoisotopic (exact) mass is 342 g/mol. The van der Waals surface area contributed by atoms with E-state index in [2.05, 4.69) is 47.3 Å². The maximum atomic E-state index is 9.07. The fraction of sp³-hybridized carbons (Fsp3) is 0.273. The molecule has 0 amide bonds. The smallest absolute Gasteiger partial charge is 0.0992 e. The van der Waals surface area contributed by atoms with Crippen LogP contribution in [0.1, 0.15) is 29.2 Å². The van der Waals surface area contributed by atoms with E-state index in [4.69, 9.17) is 16.9 Å². The second-order valence-corrected chi connectivity index (χ2v) is 6.37. The van der Waals surface area contributed by atoms with E-state index in [0.717, 1.165) is 17.7 Å². The third kappa shape index (κ3) is 5.38. The molecule has 26 heavy (non-hydrogen) atoms. The van der Waals surface area contributed by atoms with Gasteiger partial charge in [0.1, 0.15) is 0 Å². The molecule has 4 nitrogen and oxygen atoms in total. The molecule has 0 saturated heterocycles. The molecule has 1 N–H and O–H groups in total. The van der Waals surface area contributed by atoms with E-state index >= 15 is 0 Å². The molecular formula is C22H22N4. The van der Waals surface area contributed by atoms with Crippen LogP contribution >= 0.6 is 0 Å². The Balaban J connectivity index is 2.04. The molecule has 130 valence electrons. The lowest BCUT2D eigenvalue weighted by Gasteiger charge is -2.22. The van der Waals surface area contributed by atoms with Gasteiger partial charge < -0.3 is 5.32 Å². The van der Waals surface area contributed by atoms with Gasteiger partial charge in [0.2, 0.25) is 0 Å². The standard InChI is InChI=1S/C22H22N4/c1-4-8-26(3)17(2)9-18-6-5-7-22(13-18)25-16-21-11-19(14-23)10-20(12-21)15-24/h1,5-7,10-13,17,25H,8-9,16H2,2-3H3/t17-/m1/s1. The van der Waals surface area contributed by atoms with Gasteiger partial charge in [-0.15, -0.1) is 6.42 Å². The molecule has 0 saturated carbocycles. The minimum Gasteiger partial charge on any atom is -0.381 e. The zero-order chi connectivity index (χ0) is 18.9.